The first-order valence-electron chi connectivity index (χ1n) is 14.1. The number of Topliss-reactive ketones (excluding diaryl/α,β-unsaturated/α-hetero) is 2. The van der Waals surface area contributed by atoms with Crippen LogP contribution in [-0.2, 0) is 24.3 Å². The van der Waals surface area contributed by atoms with Crippen molar-refractivity contribution in [2.24, 2.45) is 17.8 Å². The van der Waals surface area contributed by atoms with Crippen LogP contribution in [0.2, 0.25) is 0 Å². The predicted octanol–water partition coefficient (Wildman–Crippen LogP) is 2.88. The Kier molecular flexibility index (Phi) is 11.4. The van der Waals surface area contributed by atoms with Crippen LogP contribution in [0.15, 0.2) is 46.9 Å². The summed E-state index contributed by atoms with van der Waals surface area (Å²) in [5, 5.41) is 10.6. The first-order chi connectivity index (χ1) is 19.3. The van der Waals surface area contributed by atoms with Crippen molar-refractivity contribution in [2.45, 2.75) is 57.1 Å². The van der Waals surface area contributed by atoms with E-state index in [1.165, 1.54) is 19.2 Å². The molecule has 5 atom stereocenters. The minimum atomic E-state index is -3.66. The summed E-state index contributed by atoms with van der Waals surface area (Å²) in [6.07, 6.45) is 3.86. The van der Waals surface area contributed by atoms with Crippen molar-refractivity contribution < 1.29 is 32.6 Å². The quantitative estimate of drug-likeness (QED) is 0.396. The van der Waals surface area contributed by atoms with Gasteiger partial charge < -0.3 is 19.6 Å². The number of ether oxygens (including phenoxy) is 1. The van der Waals surface area contributed by atoms with Crippen LogP contribution in [0.1, 0.15) is 45.6 Å². The molecule has 1 saturated heterocycles. The van der Waals surface area contributed by atoms with Gasteiger partial charge in [-0.15, -0.1) is 0 Å². The molecular weight excluding hydrogens is 546 g/mol. The number of allylic oxidation sites excluding steroid dienone is 2. The lowest BCUT2D eigenvalue weighted by atomic mass is 9.80. The van der Waals surface area contributed by atoms with Gasteiger partial charge in [-0.05, 0) is 69.5 Å². The fourth-order valence-corrected chi connectivity index (χ4v) is 6.02. The molecule has 10 nitrogen and oxygen atoms in total. The number of amides is 1. The van der Waals surface area contributed by atoms with Crippen LogP contribution < -0.4 is 4.72 Å². The average molecular weight is 590 g/mol. The molecule has 1 aromatic rings. The zero-order valence-corrected chi connectivity index (χ0v) is 25.4. The number of aliphatic hydroxyl groups is 1. The second kappa shape index (κ2) is 14.4. The van der Waals surface area contributed by atoms with Crippen molar-refractivity contribution in [3.63, 3.8) is 0 Å². The van der Waals surface area contributed by atoms with Gasteiger partial charge in [-0.25, -0.2) is 17.9 Å². The Bertz CT molecular complexity index is 1270. The number of hydrogen-bond acceptors (Lipinski definition) is 8. The number of carbonyl (C=O) groups is 3. The third-order valence-corrected chi connectivity index (χ3v) is 9.36. The highest BCUT2D eigenvalue weighted by Crippen LogP contribution is 2.29. The lowest BCUT2D eigenvalue weighted by molar-refractivity contribution is -0.140. The summed E-state index contributed by atoms with van der Waals surface area (Å²) in [4.78, 5) is 43.3. The van der Waals surface area contributed by atoms with Gasteiger partial charge in [0.2, 0.25) is 21.6 Å². The zero-order chi connectivity index (χ0) is 30.3. The molecular formula is C30H43N3O7S. The second-order valence-corrected chi connectivity index (χ2v) is 13.1. The number of benzene rings is 1. The fourth-order valence-electron chi connectivity index (χ4n) is 5.23. The van der Waals surface area contributed by atoms with Gasteiger partial charge in [-0.3, -0.25) is 9.59 Å². The molecule has 2 aliphatic rings. The molecule has 1 amide bonds. The molecule has 0 radical (unpaired) electrons. The van der Waals surface area contributed by atoms with Crippen molar-refractivity contribution in [1.29, 1.82) is 0 Å². The normalized spacial score (nSPS) is 28.5. The topological polar surface area (TPSA) is 133 Å². The molecule has 0 aromatic heterocycles. The maximum Gasteiger partial charge on any atom is 0.410 e. The Morgan fingerprint density at radius 1 is 1.10 bits per heavy atom. The number of nitrogens with zero attached hydrogens (tertiary/aromatic N) is 2. The molecule has 1 aliphatic heterocycles. The van der Waals surface area contributed by atoms with Gasteiger partial charge in [0, 0.05) is 32.6 Å². The second-order valence-electron chi connectivity index (χ2n) is 11.2. The van der Waals surface area contributed by atoms with Gasteiger partial charge >= 0.3 is 6.09 Å². The smallest absolute Gasteiger partial charge is 0.410 e. The summed E-state index contributed by atoms with van der Waals surface area (Å²) >= 11 is 0. The number of likely N-dealkylation sites (N-methyl/N-ethyl adjacent to an activating group) is 1. The van der Waals surface area contributed by atoms with Crippen LogP contribution in [0.25, 0.3) is 6.08 Å². The maximum atomic E-state index is 13.4. The molecule has 1 aliphatic carbocycles. The lowest BCUT2D eigenvalue weighted by Crippen LogP contribution is -2.48. The number of rotatable bonds is 5. The zero-order valence-electron chi connectivity index (χ0n) is 24.6. The SMILES string of the molecule is CNS(=O)(=O)c1cccc(/C=C(\C)[C@H]2C(=O)C(=O)C[C@@H](O)CC[C@@H](C)[C@@H](OC(=O)N3CCN(C)CC3)/C=C/[C@@H]2C)c1. The number of nitrogens with one attached hydrogen (secondary N) is 1. The molecule has 0 unspecified atom stereocenters. The van der Waals surface area contributed by atoms with Crippen LogP contribution in [0, 0.1) is 17.8 Å². The fraction of sp³-hybridized carbons (Fsp3) is 0.567. The molecule has 0 saturated carbocycles. The number of aliphatic hydroxyl groups excluding tert-OH is 1. The Hall–Kier alpha value is -2.86. The maximum absolute atomic E-state index is 13.4. The highest BCUT2D eigenvalue weighted by atomic mass is 32.2. The van der Waals surface area contributed by atoms with E-state index in [0.29, 0.717) is 37.1 Å². The Labute approximate surface area is 243 Å². The molecule has 2 N–H and O–H groups in total. The summed E-state index contributed by atoms with van der Waals surface area (Å²) < 4.78 is 32.8. The Morgan fingerprint density at radius 3 is 2.44 bits per heavy atom. The monoisotopic (exact) mass is 589 g/mol. The van der Waals surface area contributed by atoms with Gasteiger partial charge in [-0.2, -0.15) is 0 Å². The van der Waals surface area contributed by atoms with Crippen molar-refractivity contribution in [2.75, 3.05) is 40.3 Å². The number of hydrogen-bond donors (Lipinski definition) is 2. The van der Waals surface area contributed by atoms with Gasteiger partial charge in [-0.1, -0.05) is 43.7 Å². The minimum Gasteiger partial charge on any atom is -0.442 e. The first kappa shape index (κ1) is 32.7. The van der Waals surface area contributed by atoms with E-state index in [-0.39, 0.29) is 17.2 Å². The predicted molar refractivity (Wildman–Crippen MR) is 157 cm³/mol. The summed E-state index contributed by atoms with van der Waals surface area (Å²) in [6.45, 7) is 8.18. The van der Waals surface area contributed by atoms with Crippen molar-refractivity contribution in [3.05, 3.63) is 47.6 Å². The van der Waals surface area contributed by atoms with Crippen molar-refractivity contribution in [3.8, 4) is 0 Å². The molecule has 41 heavy (non-hydrogen) atoms. The number of ketones is 2. The Morgan fingerprint density at radius 2 is 1.78 bits per heavy atom. The molecule has 0 spiro atoms. The van der Waals surface area contributed by atoms with E-state index in [9.17, 15) is 27.9 Å². The van der Waals surface area contributed by atoms with E-state index < -0.39 is 51.7 Å². The lowest BCUT2D eigenvalue weighted by Gasteiger charge is -2.33. The van der Waals surface area contributed by atoms with E-state index in [4.69, 9.17) is 4.74 Å². The third-order valence-electron chi connectivity index (χ3n) is 7.94. The van der Waals surface area contributed by atoms with E-state index in [1.54, 1.807) is 36.1 Å². The highest BCUT2D eigenvalue weighted by Gasteiger charge is 2.33. The number of sulfonamides is 1. The van der Waals surface area contributed by atoms with Gasteiger partial charge in [0.05, 0.1) is 16.9 Å². The van der Waals surface area contributed by atoms with Gasteiger partial charge in [0.1, 0.15) is 6.10 Å². The molecule has 1 fully saturated rings. The summed E-state index contributed by atoms with van der Waals surface area (Å²) in [6, 6.07) is 6.30. The van der Waals surface area contributed by atoms with Crippen LogP contribution in [0.5, 0.6) is 0 Å². The summed E-state index contributed by atoms with van der Waals surface area (Å²) in [5.41, 5.74) is 1.14. The van der Waals surface area contributed by atoms with Crippen LogP contribution in [0.3, 0.4) is 0 Å². The van der Waals surface area contributed by atoms with Crippen LogP contribution in [-0.4, -0.2) is 93.5 Å². The molecule has 0 bridgehead atoms. The minimum absolute atomic E-state index is 0.0812. The summed E-state index contributed by atoms with van der Waals surface area (Å²) in [7, 11) is -0.326. The van der Waals surface area contributed by atoms with E-state index in [1.807, 2.05) is 27.0 Å². The summed E-state index contributed by atoms with van der Waals surface area (Å²) in [5.74, 6) is -2.68. The van der Waals surface area contributed by atoms with Crippen molar-refractivity contribution >= 4 is 33.8 Å². The molecule has 11 heteroatoms. The molecule has 1 aromatic carbocycles. The van der Waals surface area contributed by atoms with Gasteiger partial charge in [0.25, 0.3) is 0 Å². The third kappa shape index (κ3) is 8.81. The number of carbonyl (C=O) groups excluding carboxylic acids is 3. The van der Waals surface area contributed by atoms with E-state index >= 15 is 0 Å². The molecule has 1 heterocycles. The average Bonchev–Trinajstić information content (AvgIpc) is 2.93. The van der Waals surface area contributed by atoms with Crippen LogP contribution in [0.4, 0.5) is 4.79 Å². The highest BCUT2D eigenvalue weighted by molar-refractivity contribution is 7.89. The van der Waals surface area contributed by atoms with Crippen LogP contribution >= 0.6 is 0 Å². The van der Waals surface area contributed by atoms with Gasteiger partial charge in [0.15, 0.2) is 0 Å². The Balaban J connectivity index is 1.92. The molecule has 226 valence electrons. The van der Waals surface area contributed by atoms with Crippen molar-refractivity contribution in [1.82, 2.24) is 14.5 Å². The van der Waals surface area contributed by atoms with E-state index in [2.05, 4.69) is 9.62 Å². The number of piperazine rings is 1. The standard InChI is InChI=1S/C30H43N3O7S/c1-20-9-11-24(34)19-26(35)29(36)28(22(3)17-23-7-6-8-25(18-23)41(38,39)31-4)21(2)10-12-27(20)40-30(37)33-15-13-32(5)14-16-33/h6-8,10,12,17-18,20-21,24,27-28,31,34H,9,11,13-16,19H2,1-5H3/b12-10+,22-17+/t20-,21+,24+,27+,28+/m1/s1. The first-order valence-corrected chi connectivity index (χ1v) is 15.6. The van der Waals surface area contributed by atoms with E-state index in [0.717, 1.165) is 13.1 Å². The molecule has 3 rings (SSSR count). The largest absolute Gasteiger partial charge is 0.442 e.